The highest BCUT2D eigenvalue weighted by Gasteiger charge is 2.22. The van der Waals surface area contributed by atoms with Crippen molar-refractivity contribution in [1.82, 2.24) is 4.57 Å². The minimum absolute atomic E-state index is 0.427. The monoisotopic (exact) mass is 310 g/mol. The molecule has 1 aromatic heterocycles. The van der Waals surface area contributed by atoms with Crippen molar-refractivity contribution in [2.24, 2.45) is 5.73 Å². The number of carbonyl (C=O) groups excluding carboxylic acids is 1. The molecule has 0 spiro atoms. The highest BCUT2D eigenvalue weighted by molar-refractivity contribution is 9.10. The number of rotatable bonds is 3. The van der Waals surface area contributed by atoms with Gasteiger partial charge in [0.1, 0.15) is 6.04 Å². The Morgan fingerprint density at radius 3 is 2.89 bits per heavy atom. The predicted octanol–water partition coefficient (Wildman–Crippen LogP) is 2.60. The summed E-state index contributed by atoms with van der Waals surface area (Å²) in [5, 5.41) is 1.05. The molecule has 0 aliphatic carbocycles. The number of halogens is 1. The lowest BCUT2D eigenvalue weighted by atomic mass is 10.2. The Hall–Kier alpha value is -1.33. The summed E-state index contributed by atoms with van der Waals surface area (Å²) in [4.78, 5) is 11.6. The average Bonchev–Trinajstić information content (AvgIpc) is 2.76. The van der Waals surface area contributed by atoms with Gasteiger partial charge in [0, 0.05) is 27.6 Å². The van der Waals surface area contributed by atoms with Gasteiger partial charge in [-0.05, 0) is 25.1 Å². The van der Waals surface area contributed by atoms with Crippen LogP contribution in [-0.2, 0) is 16.1 Å². The summed E-state index contributed by atoms with van der Waals surface area (Å²) in [5.41, 5.74) is 7.76. The van der Waals surface area contributed by atoms with Crippen LogP contribution in [0.2, 0.25) is 0 Å². The van der Waals surface area contributed by atoms with E-state index in [1.807, 2.05) is 35.8 Å². The molecule has 2 rings (SSSR count). The number of aryl methyl sites for hydroxylation is 1. The van der Waals surface area contributed by atoms with E-state index < -0.39 is 12.0 Å². The lowest BCUT2D eigenvalue weighted by molar-refractivity contribution is -0.142. The highest BCUT2D eigenvalue weighted by atomic mass is 79.9. The minimum atomic E-state index is -0.755. The molecule has 0 amide bonds. The van der Waals surface area contributed by atoms with Crippen molar-refractivity contribution in [2.45, 2.75) is 19.5 Å². The molecule has 0 saturated carbocycles. The van der Waals surface area contributed by atoms with Crippen LogP contribution in [0.3, 0.4) is 0 Å². The number of nitrogens with two attached hydrogens (primary N) is 1. The van der Waals surface area contributed by atoms with Gasteiger partial charge in [-0.1, -0.05) is 22.0 Å². The summed E-state index contributed by atoms with van der Waals surface area (Å²) >= 11 is 3.51. The average molecular weight is 311 g/mol. The third kappa shape index (κ3) is 2.04. The normalized spacial score (nSPS) is 12.7. The maximum Gasteiger partial charge on any atom is 0.328 e. The molecule has 0 aliphatic heterocycles. The smallest absolute Gasteiger partial charge is 0.328 e. The van der Waals surface area contributed by atoms with Gasteiger partial charge in [0.15, 0.2) is 0 Å². The van der Waals surface area contributed by atoms with Gasteiger partial charge in [-0.2, -0.15) is 0 Å². The number of fused-ring (bicyclic) bond motifs is 1. The van der Waals surface area contributed by atoms with E-state index in [0.717, 1.165) is 27.6 Å². The fourth-order valence-corrected chi connectivity index (χ4v) is 2.60. The molecule has 0 fully saturated rings. The number of nitrogens with zero attached hydrogens (tertiary/aromatic N) is 1. The third-order valence-electron chi connectivity index (χ3n) is 3.01. The Balaban J connectivity index is 2.64. The van der Waals surface area contributed by atoms with Crippen molar-refractivity contribution in [3.63, 3.8) is 0 Å². The first-order chi connectivity index (χ1) is 8.60. The number of benzene rings is 1. The van der Waals surface area contributed by atoms with Gasteiger partial charge in [0.2, 0.25) is 0 Å². The van der Waals surface area contributed by atoms with Crippen molar-refractivity contribution < 1.29 is 9.53 Å². The SMILES string of the molecule is CCn1c(C(N)C(=O)OC)cc2c(Br)cccc21. The number of hydrogen-bond acceptors (Lipinski definition) is 3. The van der Waals surface area contributed by atoms with Gasteiger partial charge in [-0.25, -0.2) is 4.79 Å². The van der Waals surface area contributed by atoms with Crippen molar-refractivity contribution in [3.05, 3.63) is 34.4 Å². The molecule has 1 unspecified atom stereocenters. The van der Waals surface area contributed by atoms with E-state index in [-0.39, 0.29) is 0 Å². The molecule has 1 atom stereocenters. The molecule has 1 aromatic carbocycles. The van der Waals surface area contributed by atoms with Gasteiger partial charge in [0.05, 0.1) is 7.11 Å². The lowest BCUT2D eigenvalue weighted by Gasteiger charge is -2.12. The number of esters is 1. The summed E-state index contributed by atoms with van der Waals surface area (Å²) in [6.45, 7) is 2.77. The van der Waals surface area contributed by atoms with Crippen LogP contribution in [0.5, 0.6) is 0 Å². The van der Waals surface area contributed by atoms with E-state index in [9.17, 15) is 4.79 Å². The first kappa shape index (κ1) is 13.1. The largest absolute Gasteiger partial charge is 0.468 e. The second kappa shape index (κ2) is 5.12. The van der Waals surface area contributed by atoms with Gasteiger partial charge in [-0.15, -0.1) is 0 Å². The summed E-state index contributed by atoms with van der Waals surface area (Å²) in [7, 11) is 1.34. The molecule has 96 valence electrons. The van der Waals surface area contributed by atoms with Gasteiger partial charge in [0.25, 0.3) is 0 Å². The van der Waals surface area contributed by atoms with E-state index in [1.54, 1.807) is 0 Å². The number of hydrogen-bond donors (Lipinski definition) is 1. The Morgan fingerprint density at radius 2 is 2.28 bits per heavy atom. The van der Waals surface area contributed by atoms with Gasteiger partial charge >= 0.3 is 5.97 Å². The Labute approximate surface area is 114 Å². The van der Waals surface area contributed by atoms with E-state index >= 15 is 0 Å². The maximum atomic E-state index is 11.6. The number of methoxy groups -OCH3 is 1. The van der Waals surface area contributed by atoms with Crippen LogP contribution in [0.1, 0.15) is 18.7 Å². The number of aromatic nitrogens is 1. The molecule has 1 heterocycles. The quantitative estimate of drug-likeness (QED) is 0.887. The van der Waals surface area contributed by atoms with Crippen molar-refractivity contribution in [2.75, 3.05) is 7.11 Å². The summed E-state index contributed by atoms with van der Waals surface area (Å²) < 4.78 is 7.72. The zero-order valence-electron chi connectivity index (χ0n) is 10.3. The van der Waals surface area contributed by atoms with Crippen LogP contribution in [0.15, 0.2) is 28.7 Å². The van der Waals surface area contributed by atoms with Crippen LogP contribution in [0.4, 0.5) is 0 Å². The molecule has 5 heteroatoms. The van der Waals surface area contributed by atoms with Crippen LogP contribution in [0, 0.1) is 0 Å². The van der Waals surface area contributed by atoms with Gasteiger partial charge in [-0.3, -0.25) is 0 Å². The van der Waals surface area contributed by atoms with Crippen molar-refractivity contribution >= 4 is 32.8 Å². The summed E-state index contributed by atoms with van der Waals surface area (Å²) in [6, 6.07) is 7.12. The molecular formula is C13H15BrN2O2. The number of carbonyl (C=O) groups is 1. The topological polar surface area (TPSA) is 57.2 Å². The van der Waals surface area contributed by atoms with Crippen molar-refractivity contribution in [1.29, 1.82) is 0 Å². The highest BCUT2D eigenvalue weighted by Crippen LogP contribution is 2.29. The summed E-state index contributed by atoms with van der Waals surface area (Å²) in [6.07, 6.45) is 0. The number of ether oxygens (including phenoxy) is 1. The molecule has 18 heavy (non-hydrogen) atoms. The molecule has 2 N–H and O–H groups in total. The molecular weight excluding hydrogens is 296 g/mol. The molecule has 0 saturated heterocycles. The van der Waals surface area contributed by atoms with E-state index in [1.165, 1.54) is 7.11 Å². The molecule has 4 nitrogen and oxygen atoms in total. The third-order valence-corrected chi connectivity index (χ3v) is 3.71. The van der Waals surface area contributed by atoms with E-state index in [0.29, 0.717) is 0 Å². The van der Waals surface area contributed by atoms with E-state index in [4.69, 9.17) is 10.5 Å². The fraction of sp³-hybridized carbons (Fsp3) is 0.308. The Morgan fingerprint density at radius 1 is 1.56 bits per heavy atom. The second-order valence-electron chi connectivity index (χ2n) is 3.99. The molecule has 2 aromatic rings. The minimum Gasteiger partial charge on any atom is -0.468 e. The predicted molar refractivity (Wildman–Crippen MR) is 74.3 cm³/mol. The standard InChI is InChI=1S/C13H15BrN2O2/c1-3-16-10-6-4-5-9(14)8(10)7-11(16)12(15)13(17)18-2/h4-7,12H,3,15H2,1-2H3. The first-order valence-corrected chi connectivity index (χ1v) is 6.50. The van der Waals surface area contributed by atoms with Gasteiger partial charge < -0.3 is 15.0 Å². The van der Waals surface area contributed by atoms with Crippen LogP contribution >= 0.6 is 15.9 Å². The zero-order valence-corrected chi connectivity index (χ0v) is 11.9. The zero-order chi connectivity index (χ0) is 13.3. The Bertz CT molecular complexity index is 592. The summed E-state index contributed by atoms with van der Waals surface area (Å²) in [5.74, 6) is -0.427. The Kier molecular flexibility index (Phi) is 3.73. The van der Waals surface area contributed by atoms with E-state index in [2.05, 4.69) is 15.9 Å². The van der Waals surface area contributed by atoms with Crippen LogP contribution in [0.25, 0.3) is 10.9 Å². The first-order valence-electron chi connectivity index (χ1n) is 5.71. The fourth-order valence-electron chi connectivity index (χ4n) is 2.13. The molecule has 0 radical (unpaired) electrons. The molecule has 0 bridgehead atoms. The van der Waals surface area contributed by atoms with Crippen LogP contribution < -0.4 is 5.73 Å². The maximum absolute atomic E-state index is 11.6. The lowest BCUT2D eigenvalue weighted by Crippen LogP contribution is -2.25. The molecule has 0 aliphatic rings. The second-order valence-corrected chi connectivity index (χ2v) is 4.84. The van der Waals surface area contributed by atoms with Crippen molar-refractivity contribution in [3.8, 4) is 0 Å². The van der Waals surface area contributed by atoms with Crippen LogP contribution in [-0.4, -0.2) is 17.6 Å².